The van der Waals surface area contributed by atoms with Crippen molar-refractivity contribution in [3.63, 3.8) is 0 Å². The molecular weight excluding hydrogens is 284 g/mol. The Morgan fingerprint density at radius 2 is 1.75 bits per heavy atom. The Labute approximate surface area is 98.1 Å². The summed E-state index contributed by atoms with van der Waals surface area (Å²) in [6.45, 7) is 0. The van der Waals surface area contributed by atoms with Crippen molar-refractivity contribution >= 4 is 15.9 Å². The molecule has 1 aromatic carbocycles. The Hall–Kier alpha value is -1.54. The number of benzene rings is 1. The molecule has 2 unspecified atom stereocenters. The molecule has 0 aromatic heterocycles. The SMILES string of the molecule is O=[N+]([O-])C(Br)C(O)(c1ccccc1)[N+](=O)[O-]. The van der Waals surface area contributed by atoms with Crippen molar-refractivity contribution in [2.75, 3.05) is 0 Å². The lowest BCUT2D eigenvalue weighted by molar-refractivity contribution is -0.690. The molecular formula is C8H7BrN2O5. The van der Waals surface area contributed by atoms with Gasteiger partial charge in [-0.05, 0) is 12.1 Å². The van der Waals surface area contributed by atoms with Crippen molar-refractivity contribution in [3.8, 4) is 0 Å². The third-order valence-corrected chi connectivity index (χ3v) is 2.97. The second-order valence-corrected chi connectivity index (χ2v) is 3.84. The zero-order valence-electron chi connectivity index (χ0n) is 7.82. The first-order chi connectivity index (χ1) is 7.40. The highest BCUT2D eigenvalue weighted by Gasteiger charge is 2.57. The third-order valence-electron chi connectivity index (χ3n) is 1.99. The summed E-state index contributed by atoms with van der Waals surface area (Å²) < 4.78 is 0. The average Bonchev–Trinajstić information content (AvgIpc) is 2.27. The molecule has 0 fully saturated rings. The first-order valence-corrected chi connectivity index (χ1v) is 5.02. The van der Waals surface area contributed by atoms with Gasteiger partial charge in [-0.2, -0.15) is 0 Å². The monoisotopic (exact) mass is 290 g/mol. The minimum Gasteiger partial charge on any atom is -0.320 e. The lowest BCUT2D eigenvalue weighted by Crippen LogP contribution is -2.47. The standard InChI is InChI=1S/C8H7BrN2O5/c9-7(10(13)14)8(12,11(15)16)6-4-2-1-3-5-6/h1-5,7,12H. The number of nitrogens with zero attached hydrogens (tertiary/aromatic N) is 2. The minimum absolute atomic E-state index is 0.154. The Bertz CT molecular complexity index is 412. The minimum atomic E-state index is -2.79. The Morgan fingerprint density at radius 1 is 1.25 bits per heavy atom. The Kier molecular flexibility index (Phi) is 3.55. The van der Waals surface area contributed by atoms with Crippen molar-refractivity contribution in [2.24, 2.45) is 0 Å². The van der Waals surface area contributed by atoms with Crippen LogP contribution in [0.15, 0.2) is 30.3 Å². The van der Waals surface area contributed by atoms with Crippen LogP contribution in [0.4, 0.5) is 0 Å². The molecule has 8 heteroatoms. The number of hydrogen-bond acceptors (Lipinski definition) is 5. The molecule has 0 saturated heterocycles. The maximum Gasteiger partial charge on any atom is 0.426 e. The van der Waals surface area contributed by atoms with Crippen LogP contribution in [0.5, 0.6) is 0 Å². The summed E-state index contributed by atoms with van der Waals surface area (Å²) in [6.07, 6.45) is 0. The van der Waals surface area contributed by atoms with Gasteiger partial charge in [-0.25, -0.2) is 0 Å². The molecule has 0 spiro atoms. The average molecular weight is 291 g/mol. The molecule has 0 aliphatic rings. The van der Waals surface area contributed by atoms with Crippen LogP contribution in [0, 0.1) is 20.2 Å². The molecule has 2 atom stereocenters. The van der Waals surface area contributed by atoms with Gasteiger partial charge in [0, 0.05) is 20.9 Å². The summed E-state index contributed by atoms with van der Waals surface area (Å²) in [5.74, 6) is 0. The summed E-state index contributed by atoms with van der Waals surface area (Å²) in [5.41, 5.74) is -2.94. The maximum absolute atomic E-state index is 10.8. The molecule has 0 aliphatic carbocycles. The fraction of sp³-hybridized carbons (Fsp3) is 0.250. The van der Waals surface area contributed by atoms with E-state index in [1.54, 1.807) is 6.07 Å². The van der Waals surface area contributed by atoms with Crippen LogP contribution in [0.2, 0.25) is 0 Å². The van der Waals surface area contributed by atoms with Gasteiger partial charge < -0.3 is 5.11 Å². The summed E-state index contributed by atoms with van der Waals surface area (Å²) in [5, 5.41) is 31.1. The number of aliphatic hydroxyl groups is 1. The first kappa shape index (κ1) is 12.5. The summed E-state index contributed by atoms with van der Waals surface area (Å²) in [7, 11) is 0. The lowest BCUT2D eigenvalue weighted by Gasteiger charge is -2.18. The Morgan fingerprint density at radius 3 is 2.12 bits per heavy atom. The fourth-order valence-corrected chi connectivity index (χ4v) is 1.59. The van der Waals surface area contributed by atoms with Gasteiger partial charge in [0.2, 0.25) is 0 Å². The molecule has 0 bridgehead atoms. The summed E-state index contributed by atoms with van der Waals surface area (Å²) >= 11 is 2.51. The van der Waals surface area contributed by atoms with E-state index in [0.29, 0.717) is 0 Å². The predicted octanol–water partition coefficient (Wildman–Crippen LogP) is 1.11. The van der Waals surface area contributed by atoms with E-state index in [1.165, 1.54) is 24.3 Å². The zero-order chi connectivity index (χ0) is 12.3. The normalized spacial score (nSPS) is 16.1. The molecule has 86 valence electrons. The zero-order valence-corrected chi connectivity index (χ0v) is 9.40. The molecule has 0 saturated carbocycles. The molecule has 0 amide bonds. The number of alkyl halides is 1. The van der Waals surface area contributed by atoms with E-state index >= 15 is 0 Å². The van der Waals surface area contributed by atoms with Gasteiger partial charge in [-0.3, -0.25) is 20.2 Å². The van der Waals surface area contributed by atoms with Crippen LogP contribution in [0.1, 0.15) is 5.56 Å². The van der Waals surface area contributed by atoms with Crippen LogP contribution in [-0.2, 0) is 5.72 Å². The number of halogens is 1. The second-order valence-electron chi connectivity index (χ2n) is 2.97. The topological polar surface area (TPSA) is 107 Å². The Balaban J connectivity index is 3.28. The van der Waals surface area contributed by atoms with Crippen LogP contribution in [0.3, 0.4) is 0 Å². The maximum atomic E-state index is 10.8. The van der Waals surface area contributed by atoms with Crippen LogP contribution >= 0.6 is 15.9 Å². The third kappa shape index (κ3) is 2.02. The quantitative estimate of drug-likeness (QED) is 0.294. The van der Waals surface area contributed by atoms with E-state index in [2.05, 4.69) is 15.9 Å². The van der Waals surface area contributed by atoms with Crippen LogP contribution in [-0.4, -0.2) is 19.9 Å². The molecule has 0 aliphatic heterocycles. The molecule has 1 aromatic rings. The van der Waals surface area contributed by atoms with Crippen molar-refractivity contribution < 1.29 is 15.0 Å². The van der Waals surface area contributed by atoms with Crippen LogP contribution < -0.4 is 0 Å². The highest BCUT2D eigenvalue weighted by atomic mass is 79.9. The summed E-state index contributed by atoms with van der Waals surface area (Å²) in [6, 6.07) is 6.98. The number of rotatable bonds is 4. The largest absolute Gasteiger partial charge is 0.426 e. The predicted molar refractivity (Wildman–Crippen MR) is 57.0 cm³/mol. The summed E-state index contributed by atoms with van der Waals surface area (Å²) in [4.78, 5) is 17.3. The van der Waals surface area contributed by atoms with Crippen molar-refractivity contribution in [1.82, 2.24) is 0 Å². The lowest BCUT2D eigenvalue weighted by atomic mass is 10.0. The second kappa shape index (κ2) is 4.54. The van der Waals surface area contributed by atoms with E-state index < -0.39 is 20.5 Å². The highest BCUT2D eigenvalue weighted by molar-refractivity contribution is 9.09. The van der Waals surface area contributed by atoms with Gasteiger partial charge >= 0.3 is 10.7 Å². The van der Waals surface area contributed by atoms with Gasteiger partial charge in [-0.15, -0.1) is 0 Å². The van der Waals surface area contributed by atoms with E-state index in [1.807, 2.05) is 0 Å². The van der Waals surface area contributed by atoms with E-state index in [0.717, 1.165) is 0 Å². The van der Waals surface area contributed by atoms with E-state index in [4.69, 9.17) is 0 Å². The molecule has 0 radical (unpaired) electrons. The van der Waals surface area contributed by atoms with E-state index in [9.17, 15) is 25.3 Å². The van der Waals surface area contributed by atoms with Gasteiger partial charge in [0.1, 0.15) is 0 Å². The van der Waals surface area contributed by atoms with Crippen molar-refractivity contribution in [1.29, 1.82) is 0 Å². The van der Waals surface area contributed by atoms with Gasteiger partial charge in [0.05, 0.1) is 10.5 Å². The van der Waals surface area contributed by atoms with Gasteiger partial charge in [0.25, 0.3) is 0 Å². The smallest absolute Gasteiger partial charge is 0.320 e. The molecule has 1 N–H and O–H groups in total. The molecule has 1 rings (SSSR count). The van der Waals surface area contributed by atoms with E-state index in [-0.39, 0.29) is 5.56 Å². The first-order valence-electron chi connectivity index (χ1n) is 4.10. The van der Waals surface area contributed by atoms with Crippen molar-refractivity contribution in [3.05, 3.63) is 56.1 Å². The number of nitro groups is 2. The van der Waals surface area contributed by atoms with Gasteiger partial charge in [-0.1, -0.05) is 18.2 Å². The molecule has 7 nitrogen and oxygen atoms in total. The molecule has 0 heterocycles. The van der Waals surface area contributed by atoms with Crippen molar-refractivity contribution in [2.45, 2.75) is 10.7 Å². The highest BCUT2D eigenvalue weighted by Crippen LogP contribution is 2.30. The molecule has 16 heavy (non-hydrogen) atoms. The van der Waals surface area contributed by atoms with Crippen LogP contribution in [0.25, 0.3) is 0 Å². The van der Waals surface area contributed by atoms with Gasteiger partial charge in [0.15, 0.2) is 0 Å². The fourth-order valence-electron chi connectivity index (χ4n) is 1.16. The number of hydrogen-bond donors (Lipinski definition) is 1.